The minimum Gasteiger partial charge on any atom is -0.354 e. The fraction of sp³-hybridized carbons (Fsp3) is 0.583. The number of nitrogens with zero attached hydrogens (tertiary/aromatic N) is 3. The second-order valence-corrected chi connectivity index (χ2v) is 4.83. The third-order valence-electron chi connectivity index (χ3n) is 3.17. The SMILES string of the molecule is CCN1CCN(c2ccc(Cl)c(CCl)n2)CC1. The number of piperazine rings is 1. The van der Waals surface area contributed by atoms with Crippen LogP contribution in [0.15, 0.2) is 12.1 Å². The van der Waals surface area contributed by atoms with Crippen molar-refractivity contribution in [2.45, 2.75) is 12.8 Å². The standard InChI is InChI=1S/C12H17Cl2N3/c1-2-16-5-7-17(8-6-16)12-4-3-10(14)11(9-13)15-12/h3-4H,2,5-9H2,1H3. The molecule has 0 unspecified atom stereocenters. The van der Waals surface area contributed by atoms with E-state index in [1.165, 1.54) is 0 Å². The summed E-state index contributed by atoms with van der Waals surface area (Å²) < 4.78 is 0. The van der Waals surface area contributed by atoms with Gasteiger partial charge in [-0.15, -0.1) is 11.6 Å². The molecule has 1 aromatic heterocycles. The predicted octanol–water partition coefficient (Wildman–Crippen LogP) is 2.62. The van der Waals surface area contributed by atoms with Crippen LogP contribution in [-0.4, -0.2) is 42.6 Å². The molecule has 1 aliphatic rings. The molecule has 5 heteroatoms. The van der Waals surface area contributed by atoms with Gasteiger partial charge in [0.1, 0.15) is 5.82 Å². The third kappa shape index (κ3) is 3.03. The molecule has 0 spiro atoms. The number of alkyl halides is 1. The van der Waals surface area contributed by atoms with Crippen LogP contribution in [0.3, 0.4) is 0 Å². The van der Waals surface area contributed by atoms with E-state index in [0.717, 1.165) is 44.2 Å². The summed E-state index contributed by atoms with van der Waals surface area (Å²) in [7, 11) is 0. The van der Waals surface area contributed by atoms with Gasteiger partial charge < -0.3 is 9.80 Å². The molecule has 0 amide bonds. The molecule has 2 heterocycles. The van der Waals surface area contributed by atoms with Crippen molar-refractivity contribution < 1.29 is 0 Å². The lowest BCUT2D eigenvalue weighted by Gasteiger charge is -2.34. The normalized spacial score (nSPS) is 17.5. The van der Waals surface area contributed by atoms with Crippen molar-refractivity contribution in [2.75, 3.05) is 37.6 Å². The van der Waals surface area contributed by atoms with Crippen molar-refractivity contribution in [1.29, 1.82) is 0 Å². The van der Waals surface area contributed by atoms with Crippen molar-refractivity contribution in [1.82, 2.24) is 9.88 Å². The molecular weight excluding hydrogens is 257 g/mol. The van der Waals surface area contributed by atoms with Gasteiger partial charge in [0.15, 0.2) is 0 Å². The Balaban J connectivity index is 2.08. The Morgan fingerprint density at radius 3 is 2.53 bits per heavy atom. The van der Waals surface area contributed by atoms with Crippen molar-refractivity contribution >= 4 is 29.0 Å². The van der Waals surface area contributed by atoms with Crippen LogP contribution >= 0.6 is 23.2 Å². The van der Waals surface area contributed by atoms with Crippen LogP contribution in [0.25, 0.3) is 0 Å². The van der Waals surface area contributed by atoms with Gasteiger partial charge in [0.2, 0.25) is 0 Å². The van der Waals surface area contributed by atoms with Crippen LogP contribution in [0.4, 0.5) is 5.82 Å². The number of hydrogen-bond acceptors (Lipinski definition) is 3. The van der Waals surface area contributed by atoms with Gasteiger partial charge >= 0.3 is 0 Å². The Morgan fingerprint density at radius 1 is 1.24 bits per heavy atom. The fourth-order valence-corrected chi connectivity index (χ4v) is 2.48. The Bertz CT molecular complexity index is 376. The molecule has 2 rings (SSSR count). The monoisotopic (exact) mass is 273 g/mol. The van der Waals surface area contributed by atoms with Crippen LogP contribution < -0.4 is 4.90 Å². The second-order valence-electron chi connectivity index (χ2n) is 4.15. The first-order valence-electron chi connectivity index (χ1n) is 5.93. The Labute approximate surface area is 112 Å². The minimum absolute atomic E-state index is 0.363. The van der Waals surface area contributed by atoms with Crippen molar-refractivity contribution in [3.05, 3.63) is 22.8 Å². The van der Waals surface area contributed by atoms with Crippen LogP contribution in [0, 0.1) is 0 Å². The zero-order valence-electron chi connectivity index (χ0n) is 9.99. The molecule has 0 saturated carbocycles. The van der Waals surface area contributed by atoms with Gasteiger partial charge in [-0.1, -0.05) is 18.5 Å². The summed E-state index contributed by atoms with van der Waals surface area (Å²) in [4.78, 5) is 9.24. The Kier molecular flexibility index (Phi) is 4.48. The summed E-state index contributed by atoms with van der Waals surface area (Å²) in [6.45, 7) is 7.54. The van der Waals surface area contributed by atoms with Gasteiger partial charge in [-0.25, -0.2) is 4.98 Å². The lowest BCUT2D eigenvalue weighted by molar-refractivity contribution is 0.270. The highest BCUT2D eigenvalue weighted by atomic mass is 35.5. The first-order valence-corrected chi connectivity index (χ1v) is 6.84. The largest absolute Gasteiger partial charge is 0.354 e. The summed E-state index contributed by atoms with van der Waals surface area (Å²) in [6, 6.07) is 3.85. The van der Waals surface area contributed by atoms with E-state index in [9.17, 15) is 0 Å². The molecule has 17 heavy (non-hydrogen) atoms. The van der Waals surface area contributed by atoms with Gasteiger partial charge in [-0.05, 0) is 18.7 Å². The number of halogens is 2. The van der Waals surface area contributed by atoms with Crippen LogP contribution in [0.5, 0.6) is 0 Å². The number of anilines is 1. The van der Waals surface area contributed by atoms with E-state index < -0.39 is 0 Å². The van der Waals surface area contributed by atoms with Gasteiger partial charge in [0, 0.05) is 26.2 Å². The summed E-state index contributed by atoms with van der Waals surface area (Å²) in [5, 5.41) is 0.649. The average Bonchev–Trinajstić information content (AvgIpc) is 2.39. The minimum atomic E-state index is 0.363. The van der Waals surface area contributed by atoms with E-state index in [-0.39, 0.29) is 0 Å². The van der Waals surface area contributed by atoms with Crippen molar-refractivity contribution in [2.24, 2.45) is 0 Å². The van der Waals surface area contributed by atoms with Gasteiger partial charge in [-0.2, -0.15) is 0 Å². The lowest BCUT2D eigenvalue weighted by atomic mass is 10.3. The molecule has 1 aliphatic heterocycles. The van der Waals surface area contributed by atoms with E-state index in [0.29, 0.717) is 10.9 Å². The van der Waals surface area contributed by atoms with Crippen LogP contribution in [0.2, 0.25) is 5.02 Å². The van der Waals surface area contributed by atoms with Gasteiger partial charge in [0.05, 0.1) is 16.6 Å². The zero-order chi connectivity index (χ0) is 12.3. The molecule has 1 fully saturated rings. The molecule has 94 valence electrons. The Morgan fingerprint density at radius 2 is 1.94 bits per heavy atom. The topological polar surface area (TPSA) is 19.4 Å². The maximum Gasteiger partial charge on any atom is 0.129 e. The van der Waals surface area contributed by atoms with Crippen molar-refractivity contribution in [3.63, 3.8) is 0 Å². The van der Waals surface area contributed by atoms with Gasteiger partial charge in [0.25, 0.3) is 0 Å². The highest BCUT2D eigenvalue weighted by Gasteiger charge is 2.17. The second kappa shape index (κ2) is 5.89. The van der Waals surface area contributed by atoms with E-state index in [4.69, 9.17) is 23.2 Å². The predicted molar refractivity (Wildman–Crippen MR) is 73.1 cm³/mol. The molecular formula is C12H17Cl2N3. The first-order chi connectivity index (χ1) is 8.24. The van der Waals surface area contributed by atoms with Crippen molar-refractivity contribution in [3.8, 4) is 0 Å². The molecule has 0 atom stereocenters. The van der Waals surface area contributed by atoms with E-state index in [1.54, 1.807) is 0 Å². The third-order valence-corrected chi connectivity index (χ3v) is 3.77. The molecule has 3 nitrogen and oxygen atoms in total. The smallest absolute Gasteiger partial charge is 0.129 e. The summed E-state index contributed by atoms with van der Waals surface area (Å²) >= 11 is 11.8. The number of aromatic nitrogens is 1. The summed E-state index contributed by atoms with van der Waals surface area (Å²) in [5.74, 6) is 1.35. The fourth-order valence-electron chi connectivity index (χ4n) is 2.04. The highest BCUT2D eigenvalue weighted by Crippen LogP contribution is 2.21. The molecule has 0 radical (unpaired) electrons. The molecule has 1 aromatic rings. The number of rotatable bonds is 3. The number of likely N-dealkylation sites (N-methyl/N-ethyl adjacent to an activating group) is 1. The van der Waals surface area contributed by atoms with E-state index in [1.807, 2.05) is 12.1 Å². The first kappa shape index (κ1) is 12.9. The quantitative estimate of drug-likeness (QED) is 0.790. The van der Waals surface area contributed by atoms with Crippen LogP contribution in [-0.2, 0) is 5.88 Å². The molecule has 0 N–H and O–H groups in total. The van der Waals surface area contributed by atoms with Gasteiger partial charge in [-0.3, -0.25) is 0 Å². The lowest BCUT2D eigenvalue weighted by Crippen LogP contribution is -2.46. The maximum absolute atomic E-state index is 6.01. The molecule has 0 aliphatic carbocycles. The number of pyridine rings is 1. The molecule has 0 aromatic carbocycles. The zero-order valence-corrected chi connectivity index (χ0v) is 11.5. The maximum atomic E-state index is 6.01. The highest BCUT2D eigenvalue weighted by molar-refractivity contribution is 6.32. The summed E-state index contributed by atoms with van der Waals surface area (Å²) in [6.07, 6.45) is 0. The molecule has 0 bridgehead atoms. The summed E-state index contributed by atoms with van der Waals surface area (Å²) in [5.41, 5.74) is 0.767. The van der Waals surface area contributed by atoms with E-state index in [2.05, 4.69) is 21.7 Å². The van der Waals surface area contributed by atoms with E-state index >= 15 is 0 Å². The number of hydrogen-bond donors (Lipinski definition) is 0. The molecule has 1 saturated heterocycles. The Hall–Kier alpha value is -0.510. The average molecular weight is 274 g/mol. The van der Waals surface area contributed by atoms with Crippen LogP contribution in [0.1, 0.15) is 12.6 Å².